The maximum atomic E-state index is 12.9. The summed E-state index contributed by atoms with van der Waals surface area (Å²) in [6.45, 7) is 12.4. The highest BCUT2D eigenvalue weighted by atomic mass is 16.1. The highest BCUT2D eigenvalue weighted by Crippen LogP contribution is 2.38. The second kappa shape index (κ2) is 7.77. The largest absolute Gasteiger partial charge is 0.289 e. The summed E-state index contributed by atoms with van der Waals surface area (Å²) in [5.74, 6) is 0.128. The van der Waals surface area contributed by atoms with Gasteiger partial charge in [-0.25, -0.2) is 0 Å². The Bertz CT molecular complexity index is 772. The third-order valence-corrected chi connectivity index (χ3v) is 4.13. The molecule has 1 aromatic carbocycles. The molecule has 3 heteroatoms. The number of allylic oxidation sites excluding steroid dienone is 5. The van der Waals surface area contributed by atoms with Crippen molar-refractivity contribution in [3.05, 3.63) is 77.2 Å². The number of nitrogens with zero attached hydrogens (tertiary/aromatic N) is 2. The van der Waals surface area contributed by atoms with Gasteiger partial charge in [0.2, 0.25) is 0 Å². The number of rotatable bonds is 3. The predicted octanol–water partition coefficient (Wildman–Crippen LogP) is 6.52. The average Bonchev–Trinajstić information content (AvgIpc) is 2.54. The van der Waals surface area contributed by atoms with Crippen molar-refractivity contribution in [3.63, 3.8) is 0 Å². The van der Waals surface area contributed by atoms with E-state index in [4.69, 9.17) is 0 Å². The lowest BCUT2D eigenvalue weighted by molar-refractivity contribution is -0.114. The second-order valence-corrected chi connectivity index (χ2v) is 8.53. The predicted molar refractivity (Wildman–Crippen MR) is 108 cm³/mol. The normalized spacial score (nSPS) is 16.2. The van der Waals surface area contributed by atoms with Gasteiger partial charge in [0.15, 0.2) is 5.78 Å². The summed E-state index contributed by atoms with van der Waals surface area (Å²) in [7, 11) is 0. The van der Waals surface area contributed by atoms with Crippen molar-refractivity contribution >= 4 is 11.9 Å². The van der Waals surface area contributed by atoms with Crippen LogP contribution in [0.5, 0.6) is 0 Å². The van der Waals surface area contributed by atoms with E-state index in [0.717, 1.165) is 22.3 Å². The molecule has 0 heterocycles. The molecule has 0 aromatic heterocycles. The van der Waals surface area contributed by atoms with Gasteiger partial charge in [-0.15, -0.1) is 0 Å². The van der Waals surface area contributed by atoms with Gasteiger partial charge < -0.3 is 0 Å². The lowest BCUT2D eigenvalue weighted by Gasteiger charge is -2.31. The summed E-state index contributed by atoms with van der Waals surface area (Å²) in [5, 5.41) is 8.22. The fourth-order valence-corrected chi connectivity index (χ4v) is 2.66. The minimum atomic E-state index is -0.217. The highest BCUT2D eigenvalue weighted by molar-refractivity contribution is 6.11. The monoisotopic (exact) mass is 348 g/mol. The van der Waals surface area contributed by atoms with Crippen LogP contribution in [0.2, 0.25) is 0 Å². The van der Waals surface area contributed by atoms with Crippen molar-refractivity contribution in [2.75, 3.05) is 0 Å². The Hall–Kier alpha value is -2.55. The van der Waals surface area contributed by atoms with E-state index in [1.807, 2.05) is 48.6 Å². The summed E-state index contributed by atoms with van der Waals surface area (Å²) in [5.41, 5.74) is 3.16. The molecule has 0 bridgehead atoms. The zero-order valence-corrected chi connectivity index (χ0v) is 16.6. The zero-order chi connectivity index (χ0) is 19.4. The molecule has 0 fully saturated rings. The first-order chi connectivity index (χ1) is 12.1. The smallest absolute Gasteiger partial charge is 0.186 e. The van der Waals surface area contributed by atoms with E-state index in [2.05, 4.69) is 51.8 Å². The summed E-state index contributed by atoms with van der Waals surface area (Å²) in [4.78, 5) is 12.9. The molecule has 136 valence electrons. The van der Waals surface area contributed by atoms with Crippen molar-refractivity contribution in [2.45, 2.75) is 41.5 Å². The molecule has 0 atom stereocenters. The summed E-state index contributed by atoms with van der Waals surface area (Å²) in [6, 6.07) is 9.96. The number of benzene rings is 1. The Balaban J connectivity index is 2.27. The van der Waals surface area contributed by atoms with Crippen LogP contribution in [-0.4, -0.2) is 5.78 Å². The minimum Gasteiger partial charge on any atom is -0.289 e. The van der Waals surface area contributed by atoms with Crippen LogP contribution in [0.3, 0.4) is 0 Å². The van der Waals surface area contributed by atoms with E-state index in [1.165, 1.54) is 0 Å². The second-order valence-electron chi connectivity index (χ2n) is 8.53. The Morgan fingerprint density at radius 2 is 1.35 bits per heavy atom. The van der Waals surface area contributed by atoms with Crippen molar-refractivity contribution < 1.29 is 4.79 Å². The lowest BCUT2D eigenvalue weighted by Crippen LogP contribution is -2.27. The van der Waals surface area contributed by atoms with Gasteiger partial charge in [0.1, 0.15) is 0 Å². The van der Waals surface area contributed by atoms with Crippen LogP contribution in [0.4, 0.5) is 0 Å². The van der Waals surface area contributed by atoms with Gasteiger partial charge in [-0.1, -0.05) is 71.9 Å². The molecule has 0 radical (unpaired) electrons. The lowest BCUT2D eigenvalue weighted by atomic mass is 9.72. The van der Waals surface area contributed by atoms with E-state index in [9.17, 15) is 4.79 Å². The van der Waals surface area contributed by atoms with Crippen molar-refractivity contribution in [3.8, 4) is 0 Å². The first-order valence-corrected chi connectivity index (χ1v) is 8.90. The average molecular weight is 348 g/mol. The third kappa shape index (κ3) is 5.22. The number of Topliss-reactive ketones (excluding diaryl/α,β-unsaturated/α-hetero) is 1. The fraction of sp³-hybridized carbons (Fsp3) is 0.348. The van der Waals surface area contributed by atoms with Crippen LogP contribution in [0.15, 0.2) is 81.8 Å². The molecular formula is C23H28N2O. The molecule has 0 amide bonds. The van der Waals surface area contributed by atoms with Crippen LogP contribution >= 0.6 is 0 Å². The maximum Gasteiger partial charge on any atom is 0.186 e. The van der Waals surface area contributed by atoms with Gasteiger partial charge in [-0.3, -0.25) is 4.79 Å². The standard InChI is InChI=1S/C23H28N2O/c1-22(2,3)19-14-18(15-20(21(19)26)23(4,5)6)16-25-24-13-12-17-10-8-7-9-11-17/h7-16H,1-6H3/b13-12+,25-24?. The van der Waals surface area contributed by atoms with Crippen LogP contribution in [-0.2, 0) is 4.79 Å². The minimum absolute atomic E-state index is 0.128. The van der Waals surface area contributed by atoms with Crippen LogP contribution in [0.1, 0.15) is 47.1 Å². The summed E-state index contributed by atoms with van der Waals surface area (Å²) < 4.78 is 0. The maximum absolute atomic E-state index is 12.9. The molecule has 0 aliphatic heterocycles. The van der Waals surface area contributed by atoms with Gasteiger partial charge >= 0.3 is 0 Å². The van der Waals surface area contributed by atoms with Gasteiger partial charge in [0.25, 0.3) is 0 Å². The van der Waals surface area contributed by atoms with Crippen LogP contribution < -0.4 is 0 Å². The Morgan fingerprint density at radius 3 is 1.85 bits per heavy atom. The van der Waals surface area contributed by atoms with Gasteiger partial charge in [0.05, 0.1) is 12.4 Å². The van der Waals surface area contributed by atoms with Crippen molar-refractivity contribution in [1.29, 1.82) is 0 Å². The van der Waals surface area contributed by atoms with Gasteiger partial charge in [-0.2, -0.15) is 10.2 Å². The molecule has 1 aliphatic carbocycles. The number of carbonyl (C=O) groups excluding carboxylic acids is 1. The van der Waals surface area contributed by atoms with E-state index < -0.39 is 0 Å². The molecule has 0 spiro atoms. The van der Waals surface area contributed by atoms with E-state index in [0.29, 0.717) is 0 Å². The van der Waals surface area contributed by atoms with E-state index >= 15 is 0 Å². The van der Waals surface area contributed by atoms with Crippen molar-refractivity contribution in [1.82, 2.24) is 0 Å². The number of hydrogen-bond donors (Lipinski definition) is 0. The molecule has 0 saturated heterocycles. The SMILES string of the molecule is CC(C)(C)C1=CC(=CN=N/C=C/c2ccccc2)C=C(C(C)(C)C)C1=O. The zero-order valence-electron chi connectivity index (χ0n) is 16.6. The number of azo groups is 1. The topological polar surface area (TPSA) is 41.8 Å². The molecule has 0 saturated carbocycles. The van der Waals surface area contributed by atoms with Crippen LogP contribution in [0, 0.1) is 10.8 Å². The van der Waals surface area contributed by atoms with Crippen molar-refractivity contribution in [2.24, 2.45) is 21.1 Å². The number of ketones is 1. The molecule has 2 rings (SSSR count). The first-order valence-electron chi connectivity index (χ1n) is 8.90. The summed E-state index contributed by atoms with van der Waals surface area (Å²) in [6.07, 6.45) is 9.14. The molecule has 26 heavy (non-hydrogen) atoms. The Labute approximate surface area is 156 Å². The highest BCUT2D eigenvalue weighted by Gasteiger charge is 2.33. The number of hydrogen-bond acceptors (Lipinski definition) is 3. The third-order valence-electron chi connectivity index (χ3n) is 4.13. The molecular weight excluding hydrogens is 320 g/mol. The molecule has 1 aromatic rings. The quantitative estimate of drug-likeness (QED) is 0.573. The Kier molecular flexibility index (Phi) is 5.91. The van der Waals surface area contributed by atoms with Crippen LogP contribution in [0.25, 0.3) is 6.08 Å². The first kappa shape index (κ1) is 19.8. The molecule has 3 nitrogen and oxygen atoms in total. The fourth-order valence-electron chi connectivity index (χ4n) is 2.66. The molecule has 0 unspecified atom stereocenters. The molecule has 1 aliphatic rings. The van der Waals surface area contributed by atoms with E-state index in [-0.39, 0.29) is 16.6 Å². The van der Waals surface area contributed by atoms with Gasteiger partial charge in [-0.05, 0) is 40.2 Å². The molecule has 0 N–H and O–H groups in total. The number of carbonyl (C=O) groups is 1. The summed E-state index contributed by atoms with van der Waals surface area (Å²) >= 11 is 0. The van der Waals surface area contributed by atoms with E-state index in [1.54, 1.807) is 12.4 Å². The Morgan fingerprint density at radius 1 is 0.808 bits per heavy atom. The van der Waals surface area contributed by atoms with Gasteiger partial charge in [0, 0.05) is 11.1 Å².